The number of rotatable bonds is 0. The highest BCUT2D eigenvalue weighted by Gasteiger charge is 2.42. The quantitative estimate of drug-likeness (QED) is 0.239. The fraction of sp³-hybridized carbons (Fsp3) is 0.217. The van der Waals surface area contributed by atoms with E-state index in [1.54, 1.807) is 11.1 Å². The summed E-state index contributed by atoms with van der Waals surface area (Å²) in [5.74, 6) is 0. The normalized spacial score (nSPS) is 17.7. The van der Waals surface area contributed by atoms with Crippen LogP contribution in [0.15, 0.2) is 57.5 Å². The van der Waals surface area contributed by atoms with E-state index in [1.807, 2.05) is 0 Å². The molecule has 25 heavy (non-hydrogen) atoms. The smallest absolute Gasteiger partial charge is 0.0260 e. The van der Waals surface area contributed by atoms with E-state index < -0.39 is 0 Å². The first kappa shape index (κ1) is 14.8. The van der Waals surface area contributed by atoms with Crippen LogP contribution < -0.4 is 0 Å². The minimum absolute atomic E-state index is 0.184. The van der Waals surface area contributed by atoms with E-state index in [2.05, 4.69) is 80.4 Å². The number of hydrogen-bond donors (Lipinski definition) is 0. The molecule has 0 bridgehead atoms. The van der Waals surface area contributed by atoms with Crippen molar-refractivity contribution in [1.82, 2.24) is 0 Å². The van der Waals surface area contributed by atoms with Crippen molar-refractivity contribution in [3.05, 3.63) is 68.6 Å². The topological polar surface area (TPSA) is 0 Å². The van der Waals surface area contributed by atoms with E-state index in [0.29, 0.717) is 0 Å². The number of halogens is 2. The van der Waals surface area contributed by atoms with Gasteiger partial charge in [0.15, 0.2) is 0 Å². The van der Waals surface area contributed by atoms with Gasteiger partial charge in [0.1, 0.15) is 0 Å². The lowest BCUT2D eigenvalue weighted by molar-refractivity contribution is 0.543. The lowest BCUT2D eigenvalue weighted by Gasteiger charge is -2.37. The van der Waals surface area contributed by atoms with E-state index in [0.717, 1.165) is 0 Å². The van der Waals surface area contributed by atoms with Crippen molar-refractivity contribution in [2.75, 3.05) is 0 Å². The Morgan fingerprint density at radius 2 is 1.48 bits per heavy atom. The molecule has 4 aromatic carbocycles. The standard InChI is InChI=1S/C23H16Br2/c24-15-10-13-6-7-14-11-19(25)16-4-3-5-17-22(16)21(14)20(13)18(12-15)23(17)8-1-2-9-23/h3-7,10-12H,1-2,8-9H2. The van der Waals surface area contributed by atoms with Gasteiger partial charge in [0.25, 0.3) is 0 Å². The summed E-state index contributed by atoms with van der Waals surface area (Å²) in [4.78, 5) is 0. The fourth-order valence-corrected chi connectivity index (χ4v) is 6.56. The first-order chi connectivity index (χ1) is 12.2. The van der Waals surface area contributed by atoms with Crippen molar-refractivity contribution in [3.8, 4) is 0 Å². The van der Waals surface area contributed by atoms with Crippen LogP contribution in [0.3, 0.4) is 0 Å². The van der Waals surface area contributed by atoms with Crippen molar-refractivity contribution in [2.24, 2.45) is 0 Å². The van der Waals surface area contributed by atoms with Gasteiger partial charge in [-0.05, 0) is 74.5 Å². The molecule has 2 aliphatic carbocycles. The molecular weight excluding hydrogens is 436 g/mol. The minimum atomic E-state index is 0.184. The average Bonchev–Trinajstić information content (AvgIpc) is 3.10. The fourth-order valence-electron chi connectivity index (χ4n) is 5.51. The Hall–Kier alpha value is -1.38. The van der Waals surface area contributed by atoms with Crippen LogP contribution >= 0.6 is 31.9 Å². The second kappa shape index (κ2) is 4.86. The van der Waals surface area contributed by atoms with Crippen molar-refractivity contribution >= 4 is 64.2 Å². The Kier molecular flexibility index (Phi) is 2.87. The largest absolute Gasteiger partial charge is 0.0613 e. The molecule has 0 aliphatic heterocycles. The van der Waals surface area contributed by atoms with Crippen LogP contribution in [0.2, 0.25) is 0 Å². The third kappa shape index (κ3) is 1.73. The van der Waals surface area contributed by atoms with Crippen LogP contribution in [-0.2, 0) is 5.41 Å². The first-order valence-electron chi connectivity index (χ1n) is 8.97. The molecule has 0 heterocycles. The highest BCUT2D eigenvalue weighted by Crippen LogP contribution is 2.56. The molecule has 6 rings (SSSR count). The second-order valence-electron chi connectivity index (χ2n) is 7.59. The van der Waals surface area contributed by atoms with Gasteiger partial charge in [0, 0.05) is 14.4 Å². The maximum absolute atomic E-state index is 3.84. The van der Waals surface area contributed by atoms with Gasteiger partial charge < -0.3 is 0 Å². The Morgan fingerprint density at radius 3 is 2.28 bits per heavy atom. The molecule has 0 nitrogen and oxygen atoms in total. The van der Waals surface area contributed by atoms with Crippen molar-refractivity contribution < 1.29 is 0 Å². The van der Waals surface area contributed by atoms with Gasteiger partial charge in [-0.3, -0.25) is 0 Å². The van der Waals surface area contributed by atoms with Crippen molar-refractivity contribution in [2.45, 2.75) is 31.1 Å². The lowest BCUT2D eigenvalue weighted by Crippen LogP contribution is -2.26. The molecule has 0 radical (unpaired) electrons. The molecule has 0 amide bonds. The molecule has 0 unspecified atom stereocenters. The summed E-state index contributed by atoms with van der Waals surface area (Å²) in [5.41, 5.74) is 3.28. The highest BCUT2D eigenvalue weighted by molar-refractivity contribution is 9.11. The second-order valence-corrected chi connectivity index (χ2v) is 9.36. The van der Waals surface area contributed by atoms with E-state index in [4.69, 9.17) is 0 Å². The zero-order chi connectivity index (χ0) is 16.8. The van der Waals surface area contributed by atoms with Crippen LogP contribution in [0.1, 0.15) is 36.8 Å². The summed E-state index contributed by atoms with van der Waals surface area (Å²) in [6.45, 7) is 0. The summed E-state index contributed by atoms with van der Waals surface area (Å²) >= 11 is 7.62. The maximum Gasteiger partial charge on any atom is 0.0260 e. The molecule has 0 atom stereocenters. The summed E-state index contributed by atoms with van der Waals surface area (Å²) in [6, 6.07) is 18.5. The van der Waals surface area contributed by atoms with Crippen molar-refractivity contribution in [3.63, 3.8) is 0 Å². The first-order valence-corrected chi connectivity index (χ1v) is 10.6. The molecule has 0 N–H and O–H groups in total. The van der Waals surface area contributed by atoms with E-state index in [9.17, 15) is 0 Å². The minimum Gasteiger partial charge on any atom is -0.0613 e. The summed E-state index contributed by atoms with van der Waals surface area (Å²) < 4.78 is 2.42. The summed E-state index contributed by atoms with van der Waals surface area (Å²) in [7, 11) is 0. The highest BCUT2D eigenvalue weighted by atomic mass is 79.9. The SMILES string of the molecule is Brc1cc2c3c(ccc4cc(Br)c5cccc(c5c43)C23CCCC3)c1. The van der Waals surface area contributed by atoms with Gasteiger partial charge >= 0.3 is 0 Å². The van der Waals surface area contributed by atoms with Crippen LogP contribution in [0, 0.1) is 0 Å². The predicted octanol–water partition coefficient (Wildman–Crippen LogP) is 7.84. The Morgan fingerprint density at radius 1 is 0.720 bits per heavy atom. The number of hydrogen-bond acceptors (Lipinski definition) is 0. The molecular formula is C23H16Br2. The van der Waals surface area contributed by atoms with Crippen LogP contribution in [0.25, 0.3) is 32.3 Å². The summed E-state index contributed by atoms with van der Waals surface area (Å²) in [5, 5.41) is 8.48. The van der Waals surface area contributed by atoms with E-state index in [1.165, 1.54) is 66.9 Å². The number of fused-ring (bicyclic) bond motifs is 2. The van der Waals surface area contributed by atoms with Gasteiger partial charge in [-0.2, -0.15) is 0 Å². The third-order valence-electron chi connectivity index (χ3n) is 6.46. The van der Waals surface area contributed by atoms with Crippen LogP contribution in [-0.4, -0.2) is 0 Å². The van der Waals surface area contributed by atoms with Crippen LogP contribution in [0.5, 0.6) is 0 Å². The number of benzene rings is 4. The van der Waals surface area contributed by atoms with Gasteiger partial charge in [-0.15, -0.1) is 0 Å². The molecule has 2 aliphatic rings. The monoisotopic (exact) mass is 450 g/mol. The van der Waals surface area contributed by atoms with E-state index >= 15 is 0 Å². The Balaban J connectivity index is 2.01. The summed E-state index contributed by atoms with van der Waals surface area (Å²) in [6.07, 6.45) is 5.17. The molecule has 1 saturated carbocycles. The third-order valence-corrected chi connectivity index (χ3v) is 7.57. The molecule has 1 fully saturated rings. The Labute approximate surface area is 163 Å². The lowest BCUT2D eigenvalue weighted by atomic mass is 9.66. The molecule has 122 valence electrons. The molecule has 1 spiro atoms. The van der Waals surface area contributed by atoms with Crippen molar-refractivity contribution in [1.29, 1.82) is 0 Å². The van der Waals surface area contributed by atoms with Gasteiger partial charge in [-0.25, -0.2) is 0 Å². The zero-order valence-electron chi connectivity index (χ0n) is 13.7. The van der Waals surface area contributed by atoms with Gasteiger partial charge in [0.05, 0.1) is 0 Å². The van der Waals surface area contributed by atoms with Crippen LogP contribution in [0.4, 0.5) is 0 Å². The molecule has 0 saturated heterocycles. The predicted molar refractivity (Wildman–Crippen MR) is 114 cm³/mol. The Bertz CT molecular complexity index is 1210. The van der Waals surface area contributed by atoms with E-state index in [-0.39, 0.29) is 5.41 Å². The molecule has 0 aromatic heterocycles. The molecule has 4 aromatic rings. The van der Waals surface area contributed by atoms with Gasteiger partial charge in [0.2, 0.25) is 0 Å². The zero-order valence-corrected chi connectivity index (χ0v) is 16.9. The maximum atomic E-state index is 3.84. The molecule has 2 heteroatoms. The van der Waals surface area contributed by atoms with Gasteiger partial charge in [-0.1, -0.05) is 75.0 Å². The average molecular weight is 452 g/mol.